The number of hydrogen-bond donors (Lipinski definition) is 2. The van der Waals surface area contributed by atoms with Gasteiger partial charge in [0, 0.05) is 18.7 Å². The third-order valence-electron chi connectivity index (χ3n) is 2.19. The molecular formula is C10H15FNO2P. The third kappa shape index (κ3) is 4.12. The van der Waals surface area contributed by atoms with Crippen LogP contribution in [0.25, 0.3) is 0 Å². The normalized spacial score (nSPS) is 17.1. The van der Waals surface area contributed by atoms with E-state index >= 15 is 0 Å². The van der Waals surface area contributed by atoms with E-state index in [2.05, 4.69) is 0 Å². The van der Waals surface area contributed by atoms with Gasteiger partial charge in [0.2, 0.25) is 0 Å². The lowest BCUT2D eigenvalue weighted by atomic mass is 10.0. The van der Waals surface area contributed by atoms with Crippen molar-refractivity contribution in [1.82, 2.24) is 0 Å². The summed E-state index contributed by atoms with van der Waals surface area (Å²) in [6.07, 6.45) is 0.134. The van der Waals surface area contributed by atoms with E-state index in [4.69, 9.17) is 5.73 Å². The second-order valence-corrected chi connectivity index (χ2v) is 6.18. The van der Waals surface area contributed by atoms with Crippen molar-refractivity contribution in [2.24, 2.45) is 5.73 Å². The van der Waals surface area contributed by atoms with Crippen LogP contribution in [-0.4, -0.2) is 24.3 Å². The molecule has 1 aromatic carbocycles. The maximum atomic E-state index is 12.7. The number of nitrogens with two attached hydrogens (primary N) is 1. The highest BCUT2D eigenvalue weighted by Gasteiger charge is 2.19. The van der Waals surface area contributed by atoms with Gasteiger partial charge in [-0.15, -0.1) is 0 Å². The molecule has 0 bridgehead atoms. The lowest BCUT2D eigenvalue weighted by Crippen LogP contribution is -2.16. The van der Waals surface area contributed by atoms with Gasteiger partial charge in [0.05, 0.1) is 0 Å². The quantitative estimate of drug-likeness (QED) is 0.776. The van der Waals surface area contributed by atoms with E-state index in [1.165, 1.54) is 18.8 Å². The minimum atomic E-state index is -3.09. The predicted octanol–water partition coefficient (Wildman–Crippen LogP) is 1.77. The SMILES string of the molecule is CP(=O)(O)CC(CN)c1ccc(F)cc1. The first kappa shape index (κ1) is 12.4. The highest BCUT2D eigenvalue weighted by atomic mass is 31.2. The smallest absolute Gasteiger partial charge is 0.198 e. The molecule has 15 heavy (non-hydrogen) atoms. The average molecular weight is 231 g/mol. The Bertz CT molecular complexity index is 360. The Morgan fingerprint density at radius 2 is 2.00 bits per heavy atom. The van der Waals surface area contributed by atoms with Gasteiger partial charge >= 0.3 is 0 Å². The molecule has 84 valence electrons. The molecule has 0 saturated carbocycles. The Morgan fingerprint density at radius 1 is 1.47 bits per heavy atom. The topological polar surface area (TPSA) is 63.3 Å². The Morgan fingerprint density at radius 3 is 2.40 bits per heavy atom. The Hall–Kier alpha value is -0.700. The molecule has 0 aliphatic carbocycles. The first-order valence-electron chi connectivity index (χ1n) is 4.67. The number of halogens is 1. The van der Waals surface area contributed by atoms with E-state index < -0.39 is 7.37 Å². The fourth-order valence-electron chi connectivity index (χ4n) is 1.46. The molecule has 2 atom stereocenters. The minimum absolute atomic E-state index is 0.134. The van der Waals surface area contributed by atoms with Crippen LogP contribution in [0.1, 0.15) is 11.5 Å². The van der Waals surface area contributed by atoms with Gasteiger partial charge in [-0.1, -0.05) is 12.1 Å². The van der Waals surface area contributed by atoms with Crippen molar-refractivity contribution in [2.45, 2.75) is 5.92 Å². The van der Waals surface area contributed by atoms with Gasteiger partial charge in [0.25, 0.3) is 0 Å². The zero-order valence-corrected chi connectivity index (χ0v) is 9.45. The maximum Gasteiger partial charge on any atom is 0.198 e. The summed E-state index contributed by atoms with van der Waals surface area (Å²) in [6.45, 7) is 1.59. The number of hydrogen-bond acceptors (Lipinski definition) is 2. The van der Waals surface area contributed by atoms with Gasteiger partial charge in [0.15, 0.2) is 7.37 Å². The van der Waals surface area contributed by atoms with Gasteiger partial charge in [0.1, 0.15) is 5.82 Å². The monoisotopic (exact) mass is 231 g/mol. The molecule has 0 aromatic heterocycles. The molecule has 3 N–H and O–H groups in total. The van der Waals surface area contributed by atoms with Crippen LogP contribution in [0.3, 0.4) is 0 Å². The Kier molecular flexibility index (Phi) is 4.03. The molecule has 1 rings (SSSR count). The van der Waals surface area contributed by atoms with Crippen LogP contribution in [-0.2, 0) is 4.57 Å². The van der Waals surface area contributed by atoms with Gasteiger partial charge in [-0.25, -0.2) is 4.39 Å². The Labute approximate surface area is 88.6 Å². The second-order valence-electron chi connectivity index (χ2n) is 3.72. The lowest BCUT2D eigenvalue weighted by Gasteiger charge is -2.16. The summed E-state index contributed by atoms with van der Waals surface area (Å²) < 4.78 is 23.9. The van der Waals surface area contributed by atoms with Gasteiger partial charge in [-0.2, -0.15) is 0 Å². The van der Waals surface area contributed by atoms with Crippen LogP contribution in [0, 0.1) is 5.82 Å². The molecule has 0 heterocycles. The molecule has 5 heteroatoms. The van der Waals surface area contributed by atoms with Crippen molar-refractivity contribution in [3.8, 4) is 0 Å². The van der Waals surface area contributed by atoms with Crippen molar-refractivity contribution >= 4 is 7.37 Å². The van der Waals surface area contributed by atoms with Crippen molar-refractivity contribution in [3.05, 3.63) is 35.6 Å². The summed E-state index contributed by atoms with van der Waals surface area (Å²) in [6, 6.07) is 5.86. The van der Waals surface area contributed by atoms with E-state index in [1.54, 1.807) is 12.1 Å². The van der Waals surface area contributed by atoms with Crippen molar-refractivity contribution < 1.29 is 13.8 Å². The zero-order chi connectivity index (χ0) is 11.5. The highest BCUT2D eigenvalue weighted by molar-refractivity contribution is 7.57. The van der Waals surface area contributed by atoms with Crippen LogP contribution in [0.5, 0.6) is 0 Å². The lowest BCUT2D eigenvalue weighted by molar-refractivity contribution is 0.479. The predicted molar refractivity (Wildman–Crippen MR) is 58.8 cm³/mol. The van der Waals surface area contributed by atoms with E-state index in [-0.39, 0.29) is 24.4 Å². The van der Waals surface area contributed by atoms with Gasteiger partial charge in [-0.3, -0.25) is 4.57 Å². The largest absolute Gasteiger partial charge is 0.344 e. The average Bonchev–Trinajstić information content (AvgIpc) is 2.14. The molecule has 0 aliphatic rings. The van der Waals surface area contributed by atoms with Crippen molar-refractivity contribution in [2.75, 3.05) is 19.4 Å². The fraction of sp³-hybridized carbons (Fsp3) is 0.400. The molecular weight excluding hydrogens is 216 g/mol. The third-order valence-corrected chi connectivity index (χ3v) is 3.30. The van der Waals surface area contributed by atoms with Crippen molar-refractivity contribution in [1.29, 1.82) is 0 Å². The zero-order valence-electron chi connectivity index (χ0n) is 8.56. The van der Waals surface area contributed by atoms with Gasteiger partial charge in [-0.05, 0) is 24.2 Å². The van der Waals surface area contributed by atoms with E-state index in [1.807, 2.05) is 0 Å². The molecule has 0 fully saturated rings. The maximum absolute atomic E-state index is 12.7. The second kappa shape index (κ2) is 4.88. The summed E-state index contributed by atoms with van der Waals surface area (Å²) in [7, 11) is -3.09. The summed E-state index contributed by atoms with van der Waals surface area (Å²) in [4.78, 5) is 9.26. The molecule has 2 unspecified atom stereocenters. The number of rotatable bonds is 4. The standard InChI is InChI=1S/C10H15FNO2P/c1-15(13,14)7-9(6-12)8-2-4-10(11)5-3-8/h2-5,9H,6-7,12H2,1H3,(H,13,14). The van der Waals surface area contributed by atoms with Crippen LogP contribution < -0.4 is 5.73 Å². The summed E-state index contributed by atoms with van der Waals surface area (Å²) in [5, 5.41) is 0. The minimum Gasteiger partial charge on any atom is -0.344 e. The first-order chi connectivity index (χ1) is 6.92. The summed E-state index contributed by atoms with van der Waals surface area (Å²) in [5.74, 6) is -0.510. The fourth-order valence-corrected chi connectivity index (χ4v) is 2.64. The highest BCUT2D eigenvalue weighted by Crippen LogP contribution is 2.40. The summed E-state index contributed by atoms with van der Waals surface area (Å²) in [5.41, 5.74) is 6.33. The molecule has 0 saturated heterocycles. The van der Waals surface area contributed by atoms with Crippen molar-refractivity contribution in [3.63, 3.8) is 0 Å². The van der Waals surface area contributed by atoms with Crippen LogP contribution in [0.15, 0.2) is 24.3 Å². The molecule has 0 amide bonds. The summed E-state index contributed by atoms with van der Waals surface area (Å²) >= 11 is 0. The first-order valence-corrected chi connectivity index (χ1v) is 6.96. The van der Waals surface area contributed by atoms with Gasteiger partial charge < -0.3 is 10.6 Å². The Balaban J connectivity index is 2.83. The molecule has 0 spiro atoms. The van der Waals surface area contributed by atoms with E-state index in [9.17, 15) is 13.8 Å². The number of benzene rings is 1. The molecule has 0 radical (unpaired) electrons. The molecule has 0 aliphatic heterocycles. The van der Waals surface area contributed by atoms with E-state index in [0.29, 0.717) is 0 Å². The van der Waals surface area contributed by atoms with Crippen LogP contribution in [0.4, 0.5) is 4.39 Å². The molecule has 3 nitrogen and oxygen atoms in total. The van der Waals surface area contributed by atoms with E-state index in [0.717, 1.165) is 5.56 Å². The van der Waals surface area contributed by atoms with Crippen LogP contribution >= 0.6 is 7.37 Å². The molecule has 1 aromatic rings. The van der Waals surface area contributed by atoms with Crippen LogP contribution in [0.2, 0.25) is 0 Å².